The minimum Gasteiger partial charge on any atom is -0.359 e. The standard InChI is InChI=1S/C12H16Br2N2O3S/c1-8(12(17)15-2)7-16(3)20(18,19)11-5-4-9(13)6-10(11)14/h4-6,8H,7H2,1-3H3,(H,15,17). The maximum atomic E-state index is 12.5. The first-order chi connectivity index (χ1) is 9.20. The zero-order chi connectivity index (χ0) is 15.5. The number of rotatable bonds is 5. The summed E-state index contributed by atoms with van der Waals surface area (Å²) >= 11 is 6.52. The molecule has 8 heteroatoms. The third-order valence-electron chi connectivity index (χ3n) is 2.81. The molecule has 0 fully saturated rings. The fourth-order valence-corrected chi connectivity index (χ4v) is 4.63. The molecule has 0 saturated carbocycles. The third kappa shape index (κ3) is 4.03. The minimum absolute atomic E-state index is 0.116. The molecular formula is C12H16Br2N2O3S. The van der Waals surface area contributed by atoms with E-state index in [1.54, 1.807) is 19.1 Å². The molecule has 0 spiro atoms. The van der Waals surface area contributed by atoms with Crippen molar-refractivity contribution in [2.45, 2.75) is 11.8 Å². The van der Waals surface area contributed by atoms with Gasteiger partial charge >= 0.3 is 0 Å². The van der Waals surface area contributed by atoms with Crippen LogP contribution < -0.4 is 5.32 Å². The van der Waals surface area contributed by atoms with Gasteiger partial charge in [0.25, 0.3) is 0 Å². The van der Waals surface area contributed by atoms with Crippen molar-refractivity contribution < 1.29 is 13.2 Å². The van der Waals surface area contributed by atoms with Crippen LogP contribution in [0.1, 0.15) is 6.92 Å². The molecular weight excluding hydrogens is 412 g/mol. The van der Waals surface area contributed by atoms with Crippen LogP contribution >= 0.6 is 31.9 Å². The van der Waals surface area contributed by atoms with E-state index < -0.39 is 15.9 Å². The van der Waals surface area contributed by atoms with Crippen LogP contribution in [-0.4, -0.2) is 39.3 Å². The molecule has 1 aromatic rings. The normalized spacial score (nSPS) is 13.3. The first kappa shape index (κ1) is 17.6. The molecule has 1 aromatic carbocycles. The van der Waals surface area contributed by atoms with Gasteiger partial charge in [-0.25, -0.2) is 12.7 Å². The van der Waals surface area contributed by atoms with Crippen molar-refractivity contribution in [1.29, 1.82) is 0 Å². The predicted molar refractivity (Wildman–Crippen MR) is 84.9 cm³/mol. The number of hydrogen-bond donors (Lipinski definition) is 1. The lowest BCUT2D eigenvalue weighted by Gasteiger charge is -2.21. The Morgan fingerprint density at radius 1 is 1.40 bits per heavy atom. The van der Waals surface area contributed by atoms with Gasteiger partial charge in [-0.3, -0.25) is 4.79 Å². The lowest BCUT2D eigenvalue weighted by Crippen LogP contribution is -2.37. The van der Waals surface area contributed by atoms with Crippen LogP contribution in [-0.2, 0) is 14.8 Å². The monoisotopic (exact) mass is 426 g/mol. The van der Waals surface area contributed by atoms with Gasteiger partial charge in [-0.1, -0.05) is 22.9 Å². The Labute approximate surface area is 136 Å². The van der Waals surface area contributed by atoms with Crippen LogP contribution in [0.2, 0.25) is 0 Å². The third-order valence-corrected chi connectivity index (χ3v) is 6.10. The molecule has 0 bridgehead atoms. The number of amides is 1. The highest BCUT2D eigenvalue weighted by atomic mass is 79.9. The smallest absolute Gasteiger partial charge is 0.243 e. The Hall–Kier alpha value is -0.440. The first-order valence-corrected chi connectivity index (χ1v) is 8.85. The van der Waals surface area contributed by atoms with E-state index in [1.165, 1.54) is 24.5 Å². The number of hydrogen-bond acceptors (Lipinski definition) is 3. The highest BCUT2D eigenvalue weighted by Gasteiger charge is 2.26. The molecule has 1 atom stereocenters. The average Bonchev–Trinajstić information content (AvgIpc) is 2.36. The molecule has 0 aliphatic heterocycles. The van der Waals surface area contributed by atoms with Crippen LogP contribution in [0.25, 0.3) is 0 Å². The van der Waals surface area contributed by atoms with Gasteiger partial charge in [0.05, 0.1) is 4.90 Å². The Bertz CT molecular complexity index is 605. The molecule has 112 valence electrons. The van der Waals surface area contributed by atoms with E-state index >= 15 is 0 Å². The second kappa shape index (κ2) is 7.02. The van der Waals surface area contributed by atoms with E-state index in [0.29, 0.717) is 4.47 Å². The number of nitrogens with one attached hydrogen (secondary N) is 1. The SMILES string of the molecule is CNC(=O)C(C)CN(C)S(=O)(=O)c1ccc(Br)cc1Br. The first-order valence-electron chi connectivity index (χ1n) is 5.83. The van der Waals surface area contributed by atoms with Crippen molar-refractivity contribution >= 4 is 47.8 Å². The van der Waals surface area contributed by atoms with Gasteiger partial charge in [-0.15, -0.1) is 0 Å². The topological polar surface area (TPSA) is 66.5 Å². The van der Waals surface area contributed by atoms with Gasteiger partial charge in [0, 0.05) is 35.5 Å². The van der Waals surface area contributed by atoms with Crippen molar-refractivity contribution in [2.75, 3.05) is 20.6 Å². The van der Waals surface area contributed by atoms with Crippen molar-refractivity contribution in [2.24, 2.45) is 5.92 Å². The van der Waals surface area contributed by atoms with Crippen LogP contribution in [0, 0.1) is 5.92 Å². The van der Waals surface area contributed by atoms with Gasteiger partial charge in [-0.05, 0) is 34.1 Å². The summed E-state index contributed by atoms with van der Waals surface area (Å²) in [7, 11) is -0.650. The summed E-state index contributed by atoms with van der Waals surface area (Å²) in [5, 5.41) is 2.50. The average molecular weight is 428 g/mol. The second-order valence-electron chi connectivity index (χ2n) is 4.38. The maximum absolute atomic E-state index is 12.5. The van der Waals surface area contributed by atoms with Gasteiger partial charge in [0.1, 0.15) is 0 Å². The molecule has 0 saturated heterocycles. The summed E-state index contributed by atoms with van der Waals surface area (Å²) in [5.41, 5.74) is 0. The minimum atomic E-state index is -3.64. The molecule has 1 N–H and O–H groups in total. The summed E-state index contributed by atoms with van der Waals surface area (Å²) in [6.45, 7) is 1.80. The highest BCUT2D eigenvalue weighted by molar-refractivity contribution is 9.11. The van der Waals surface area contributed by atoms with E-state index in [-0.39, 0.29) is 17.3 Å². The van der Waals surface area contributed by atoms with Crippen LogP contribution in [0.3, 0.4) is 0 Å². The number of carbonyl (C=O) groups is 1. The van der Waals surface area contributed by atoms with Crippen LogP contribution in [0.15, 0.2) is 32.0 Å². The van der Waals surface area contributed by atoms with E-state index in [4.69, 9.17) is 0 Å². The lowest BCUT2D eigenvalue weighted by atomic mass is 10.2. The molecule has 20 heavy (non-hydrogen) atoms. The van der Waals surface area contributed by atoms with Gasteiger partial charge in [-0.2, -0.15) is 0 Å². The Balaban J connectivity index is 3.01. The van der Waals surface area contributed by atoms with Crippen LogP contribution in [0.5, 0.6) is 0 Å². The maximum Gasteiger partial charge on any atom is 0.243 e. The van der Waals surface area contributed by atoms with Crippen LogP contribution in [0.4, 0.5) is 0 Å². The molecule has 0 aliphatic carbocycles. The largest absolute Gasteiger partial charge is 0.359 e. The summed E-state index contributed by atoms with van der Waals surface area (Å²) in [6.07, 6.45) is 0. The van der Waals surface area contributed by atoms with Gasteiger partial charge < -0.3 is 5.32 Å². The number of carbonyl (C=O) groups excluding carboxylic acids is 1. The summed E-state index contributed by atoms with van der Waals surface area (Å²) in [4.78, 5) is 11.6. The quantitative estimate of drug-likeness (QED) is 0.783. The Kier molecular flexibility index (Phi) is 6.18. The number of halogens is 2. The molecule has 1 amide bonds. The predicted octanol–water partition coefficient (Wildman–Crippen LogP) is 2.21. The Morgan fingerprint density at radius 3 is 2.50 bits per heavy atom. The lowest BCUT2D eigenvalue weighted by molar-refractivity contribution is -0.124. The van der Waals surface area contributed by atoms with Crippen molar-refractivity contribution in [3.63, 3.8) is 0 Å². The molecule has 0 heterocycles. The summed E-state index contributed by atoms with van der Waals surface area (Å²) in [6, 6.07) is 4.85. The van der Waals surface area contributed by atoms with E-state index in [1.807, 2.05) is 0 Å². The van der Waals surface area contributed by atoms with Crippen molar-refractivity contribution in [3.05, 3.63) is 27.1 Å². The molecule has 0 radical (unpaired) electrons. The van der Waals surface area contributed by atoms with Gasteiger partial charge in [0.15, 0.2) is 0 Å². The van der Waals surface area contributed by atoms with Gasteiger partial charge in [0.2, 0.25) is 15.9 Å². The number of sulfonamides is 1. The van der Waals surface area contributed by atoms with Crippen molar-refractivity contribution in [3.8, 4) is 0 Å². The zero-order valence-electron chi connectivity index (χ0n) is 11.4. The molecule has 0 aromatic heterocycles. The van der Waals surface area contributed by atoms with E-state index in [0.717, 1.165) is 4.47 Å². The fraction of sp³-hybridized carbons (Fsp3) is 0.417. The summed E-state index contributed by atoms with van der Waals surface area (Å²) < 4.78 is 27.4. The fourth-order valence-electron chi connectivity index (χ4n) is 1.67. The van der Waals surface area contributed by atoms with E-state index in [9.17, 15) is 13.2 Å². The van der Waals surface area contributed by atoms with Crippen molar-refractivity contribution in [1.82, 2.24) is 9.62 Å². The Morgan fingerprint density at radius 2 is 2.00 bits per heavy atom. The number of nitrogens with zero attached hydrogens (tertiary/aromatic N) is 1. The highest BCUT2D eigenvalue weighted by Crippen LogP contribution is 2.27. The van der Waals surface area contributed by atoms with E-state index in [2.05, 4.69) is 37.2 Å². The molecule has 5 nitrogen and oxygen atoms in total. The molecule has 1 unspecified atom stereocenters. The molecule has 1 rings (SSSR count). The second-order valence-corrected chi connectivity index (χ2v) is 8.16. The zero-order valence-corrected chi connectivity index (χ0v) is 15.3. The summed E-state index contributed by atoms with van der Waals surface area (Å²) in [5.74, 6) is -0.615. The molecule has 0 aliphatic rings. The number of benzene rings is 1.